The third-order valence-electron chi connectivity index (χ3n) is 3.08. The Morgan fingerprint density at radius 2 is 2.06 bits per heavy atom. The molecule has 2 aliphatic rings. The van der Waals surface area contributed by atoms with Gasteiger partial charge in [-0.3, -0.25) is 0 Å². The molecular formula is C12H14ClF3S. The smallest absolute Gasteiger partial charge is 0.160 e. The van der Waals surface area contributed by atoms with E-state index in [0.717, 1.165) is 17.0 Å². The van der Waals surface area contributed by atoms with Gasteiger partial charge in [0, 0.05) is 10.8 Å². The molecule has 1 fully saturated rings. The number of alkyl halides is 3. The third-order valence-corrected chi connectivity index (χ3v) is 4.08. The molecular weight excluding hydrogens is 269 g/mol. The molecule has 0 nitrogen and oxygen atoms in total. The van der Waals surface area contributed by atoms with Crippen LogP contribution in [0.1, 0.15) is 25.7 Å². The third kappa shape index (κ3) is 4.59. The fourth-order valence-electron chi connectivity index (χ4n) is 2.13. The van der Waals surface area contributed by atoms with Gasteiger partial charge in [0.05, 0.1) is 0 Å². The summed E-state index contributed by atoms with van der Waals surface area (Å²) in [5, 5.41) is 0.788. The van der Waals surface area contributed by atoms with Crippen LogP contribution >= 0.6 is 23.4 Å². The van der Waals surface area contributed by atoms with Gasteiger partial charge in [-0.05, 0) is 49.2 Å². The molecule has 5 heteroatoms. The number of hydrogen-bond acceptors (Lipinski definition) is 1. The van der Waals surface area contributed by atoms with E-state index in [1.165, 1.54) is 12.8 Å². The van der Waals surface area contributed by atoms with E-state index in [1.807, 2.05) is 6.08 Å². The predicted octanol–water partition coefficient (Wildman–Crippen LogP) is 5.11. The van der Waals surface area contributed by atoms with Crippen molar-refractivity contribution in [2.24, 2.45) is 11.8 Å². The molecule has 0 N–H and O–H groups in total. The summed E-state index contributed by atoms with van der Waals surface area (Å²) in [4.78, 5) is 0. The van der Waals surface area contributed by atoms with Crippen LogP contribution in [0.15, 0.2) is 22.8 Å². The fourth-order valence-corrected chi connectivity index (χ4v) is 3.02. The average molecular weight is 283 g/mol. The second kappa shape index (κ2) is 5.27. The molecule has 0 heterocycles. The van der Waals surface area contributed by atoms with E-state index in [-0.39, 0.29) is 17.5 Å². The van der Waals surface area contributed by atoms with Gasteiger partial charge in [-0.25, -0.2) is 0 Å². The molecule has 2 aliphatic carbocycles. The molecule has 0 aromatic carbocycles. The first-order valence-electron chi connectivity index (χ1n) is 5.71. The molecule has 0 amide bonds. The Hall–Kier alpha value is -0.0900. The Labute approximate surface area is 108 Å². The number of rotatable bonds is 4. The second-order valence-corrected chi connectivity index (χ2v) is 6.23. The maximum Gasteiger partial charge on any atom is 0.441 e. The Balaban J connectivity index is 1.85. The van der Waals surface area contributed by atoms with Gasteiger partial charge in [-0.2, -0.15) is 13.2 Å². The maximum absolute atomic E-state index is 12.0. The van der Waals surface area contributed by atoms with Crippen LogP contribution in [0.2, 0.25) is 0 Å². The highest BCUT2D eigenvalue weighted by molar-refractivity contribution is 8.00. The van der Waals surface area contributed by atoms with Crippen LogP contribution in [0, 0.1) is 11.8 Å². The first-order chi connectivity index (χ1) is 7.94. The monoisotopic (exact) mass is 282 g/mol. The van der Waals surface area contributed by atoms with E-state index in [0.29, 0.717) is 18.3 Å². The molecule has 0 aromatic rings. The summed E-state index contributed by atoms with van der Waals surface area (Å²) in [6.07, 6.45) is 7.73. The van der Waals surface area contributed by atoms with Crippen molar-refractivity contribution in [3.05, 3.63) is 22.8 Å². The number of hydrogen-bond donors (Lipinski definition) is 0. The molecule has 96 valence electrons. The van der Waals surface area contributed by atoms with Crippen LogP contribution in [-0.4, -0.2) is 11.3 Å². The van der Waals surface area contributed by atoms with E-state index >= 15 is 0 Å². The lowest BCUT2D eigenvalue weighted by Gasteiger charge is -2.18. The molecule has 1 saturated carbocycles. The molecule has 0 spiro atoms. The maximum atomic E-state index is 12.0. The highest BCUT2D eigenvalue weighted by Gasteiger charge is 2.32. The van der Waals surface area contributed by atoms with Crippen molar-refractivity contribution in [2.75, 3.05) is 5.75 Å². The minimum Gasteiger partial charge on any atom is -0.160 e. The highest BCUT2D eigenvalue weighted by atomic mass is 35.5. The van der Waals surface area contributed by atoms with Gasteiger partial charge < -0.3 is 0 Å². The molecule has 2 rings (SSSR count). The zero-order valence-corrected chi connectivity index (χ0v) is 10.8. The van der Waals surface area contributed by atoms with Crippen molar-refractivity contribution in [1.29, 1.82) is 0 Å². The Morgan fingerprint density at radius 1 is 1.35 bits per heavy atom. The minimum absolute atomic E-state index is 0.0405. The van der Waals surface area contributed by atoms with Gasteiger partial charge >= 0.3 is 5.51 Å². The number of halogens is 4. The summed E-state index contributed by atoms with van der Waals surface area (Å²) in [5.41, 5.74) is -3.16. The summed E-state index contributed by atoms with van der Waals surface area (Å²) < 4.78 is 36.0. The first kappa shape index (κ1) is 13.3. The van der Waals surface area contributed by atoms with Gasteiger partial charge in [0.2, 0.25) is 0 Å². The minimum atomic E-state index is -4.13. The Kier molecular flexibility index (Phi) is 4.14. The van der Waals surface area contributed by atoms with Crippen molar-refractivity contribution in [2.45, 2.75) is 31.2 Å². The van der Waals surface area contributed by atoms with Crippen molar-refractivity contribution in [3.63, 3.8) is 0 Å². The molecule has 0 radical (unpaired) electrons. The standard InChI is InChI=1S/C12H14ClF3S/c13-11-6-8(3-4-17-12(14,15)16)5-10(7-11)9-1-2-9/h5-6,9-10H,1-4,7H2. The van der Waals surface area contributed by atoms with E-state index < -0.39 is 5.51 Å². The lowest BCUT2D eigenvalue weighted by molar-refractivity contribution is -0.0327. The highest BCUT2D eigenvalue weighted by Crippen LogP contribution is 2.44. The first-order valence-corrected chi connectivity index (χ1v) is 7.08. The lowest BCUT2D eigenvalue weighted by atomic mass is 9.91. The van der Waals surface area contributed by atoms with Crippen LogP contribution in [-0.2, 0) is 0 Å². The van der Waals surface area contributed by atoms with Gasteiger partial charge in [0.1, 0.15) is 0 Å². The van der Waals surface area contributed by atoms with Crippen molar-refractivity contribution < 1.29 is 13.2 Å². The Morgan fingerprint density at radius 3 is 2.65 bits per heavy atom. The van der Waals surface area contributed by atoms with Crippen molar-refractivity contribution in [1.82, 2.24) is 0 Å². The van der Waals surface area contributed by atoms with Gasteiger partial charge in [-0.1, -0.05) is 29.4 Å². The van der Waals surface area contributed by atoms with E-state index in [9.17, 15) is 13.2 Å². The van der Waals surface area contributed by atoms with Gasteiger partial charge in [-0.15, -0.1) is 0 Å². The van der Waals surface area contributed by atoms with E-state index in [1.54, 1.807) is 0 Å². The predicted molar refractivity (Wildman–Crippen MR) is 66.0 cm³/mol. The second-order valence-electron chi connectivity index (χ2n) is 4.58. The van der Waals surface area contributed by atoms with Crippen molar-refractivity contribution >= 4 is 23.4 Å². The largest absolute Gasteiger partial charge is 0.441 e. The van der Waals surface area contributed by atoms with Gasteiger partial charge in [0.25, 0.3) is 0 Å². The molecule has 17 heavy (non-hydrogen) atoms. The van der Waals surface area contributed by atoms with E-state index in [4.69, 9.17) is 11.6 Å². The average Bonchev–Trinajstić information content (AvgIpc) is 2.97. The molecule has 0 aliphatic heterocycles. The van der Waals surface area contributed by atoms with Crippen LogP contribution in [0.3, 0.4) is 0 Å². The van der Waals surface area contributed by atoms with Crippen LogP contribution < -0.4 is 0 Å². The molecule has 0 aromatic heterocycles. The summed E-state index contributed by atoms with van der Waals surface area (Å²) in [7, 11) is 0. The zero-order valence-electron chi connectivity index (χ0n) is 9.27. The molecule has 0 saturated heterocycles. The van der Waals surface area contributed by atoms with Crippen LogP contribution in [0.5, 0.6) is 0 Å². The fraction of sp³-hybridized carbons (Fsp3) is 0.667. The van der Waals surface area contributed by atoms with Crippen LogP contribution in [0.4, 0.5) is 13.2 Å². The Bertz CT molecular complexity index is 342. The van der Waals surface area contributed by atoms with Crippen molar-refractivity contribution in [3.8, 4) is 0 Å². The SMILES string of the molecule is FC(F)(F)SCCC1=CC(C2CC2)CC(Cl)=C1. The lowest BCUT2D eigenvalue weighted by Crippen LogP contribution is -2.07. The zero-order chi connectivity index (χ0) is 12.5. The summed E-state index contributed by atoms with van der Waals surface area (Å²) in [6, 6.07) is 0. The normalized spacial score (nSPS) is 25.5. The summed E-state index contributed by atoms with van der Waals surface area (Å²) in [6.45, 7) is 0. The summed E-state index contributed by atoms with van der Waals surface area (Å²) in [5.74, 6) is 1.24. The van der Waals surface area contributed by atoms with E-state index in [2.05, 4.69) is 6.08 Å². The topological polar surface area (TPSA) is 0 Å². The molecule has 0 bridgehead atoms. The number of thioether (sulfide) groups is 1. The summed E-state index contributed by atoms with van der Waals surface area (Å²) >= 11 is 6.08. The van der Waals surface area contributed by atoms with Crippen LogP contribution in [0.25, 0.3) is 0 Å². The molecule has 1 atom stereocenters. The molecule has 1 unspecified atom stereocenters. The number of allylic oxidation sites excluding steroid dienone is 4. The quantitative estimate of drug-likeness (QED) is 0.690. The van der Waals surface area contributed by atoms with Gasteiger partial charge in [0.15, 0.2) is 0 Å².